The van der Waals surface area contributed by atoms with Gasteiger partial charge in [0.05, 0.1) is 4.90 Å². The molecule has 0 saturated heterocycles. The van der Waals surface area contributed by atoms with E-state index in [-0.39, 0.29) is 16.3 Å². The first kappa shape index (κ1) is 13.9. The third-order valence-electron chi connectivity index (χ3n) is 2.47. The zero-order chi connectivity index (χ0) is 14.8. The lowest BCUT2D eigenvalue weighted by Crippen LogP contribution is -2.06. The number of aromatic nitrogens is 2. The minimum absolute atomic E-state index is 0.0955. The maximum absolute atomic E-state index is 11.5. The fourth-order valence-corrected chi connectivity index (χ4v) is 2.19. The molecule has 1 heterocycles. The minimum atomic E-state index is -3.33. The molecular formula is C12H11N3O4S. The van der Waals surface area contributed by atoms with Gasteiger partial charge in [0.15, 0.2) is 9.84 Å². The number of aromatic carboxylic acids is 1. The molecule has 2 aromatic rings. The van der Waals surface area contributed by atoms with Crippen LogP contribution in [0, 0.1) is 0 Å². The van der Waals surface area contributed by atoms with E-state index in [0.29, 0.717) is 5.69 Å². The summed E-state index contributed by atoms with van der Waals surface area (Å²) in [5.74, 6) is -1.08. The van der Waals surface area contributed by atoms with E-state index >= 15 is 0 Å². The Kier molecular flexibility index (Phi) is 3.66. The van der Waals surface area contributed by atoms with Crippen LogP contribution in [0.15, 0.2) is 41.7 Å². The molecule has 20 heavy (non-hydrogen) atoms. The molecule has 1 aromatic heterocycles. The Bertz CT molecular complexity index is 759. The van der Waals surface area contributed by atoms with E-state index in [1.54, 1.807) is 12.1 Å². The Balaban J connectivity index is 2.39. The fourth-order valence-electron chi connectivity index (χ4n) is 1.53. The number of anilines is 2. The molecule has 0 aliphatic rings. The van der Waals surface area contributed by atoms with Crippen LogP contribution in [0.2, 0.25) is 0 Å². The lowest BCUT2D eigenvalue weighted by Gasteiger charge is -2.08. The number of rotatable bonds is 4. The van der Waals surface area contributed by atoms with Gasteiger partial charge in [-0.05, 0) is 18.2 Å². The third-order valence-corrected chi connectivity index (χ3v) is 3.58. The minimum Gasteiger partial charge on any atom is -0.477 e. The standard InChI is InChI=1S/C12H11N3O4S/c1-20(18,19)9-4-2-3-8(5-9)15-11-10(12(16)17)6-13-7-14-11/h2-7H,1H3,(H,16,17)(H,13,14,15). The van der Waals surface area contributed by atoms with Crippen LogP contribution < -0.4 is 5.32 Å². The summed E-state index contributed by atoms with van der Waals surface area (Å²) in [7, 11) is -3.33. The SMILES string of the molecule is CS(=O)(=O)c1cccc(Nc2ncncc2C(=O)O)c1. The Hall–Kier alpha value is -2.48. The van der Waals surface area contributed by atoms with E-state index in [0.717, 1.165) is 12.5 Å². The molecule has 0 unspecified atom stereocenters. The second-order valence-corrected chi connectivity index (χ2v) is 6.03. The zero-order valence-corrected chi connectivity index (χ0v) is 11.3. The highest BCUT2D eigenvalue weighted by molar-refractivity contribution is 7.90. The van der Waals surface area contributed by atoms with Crippen LogP contribution in [0.1, 0.15) is 10.4 Å². The van der Waals surface area contributed by atoms with Crippen molar-refractivity contribution in [2.45, 2.75) is 4.90 Å². The van der Waals surface area contributed by atoms with Gasteiger partial charge in [-0.1, -0.05) is 6.07 Å². The topological polar surface area (TPSA) is 109 Å². The molecule has 7 nitrogen and oxygen atoms in total. The molecule has 2 N–H and O–H groups in total. The quantitative estimate of drug-likeness (QED) is 0.874. The highest BCUT2D eigenvalue weighted by Crippen LogP contribution is 2.20. The highest BCUT2D eigenvalue weighted by Gasteiger charge is 2.13. The highest BCUT2D eigenvalue weighted by atomic mass is 32.2. The number of hydrogen-bond acceptors (Lipinski definition) is 6. The predicted molar refractivity (Wildman–Crippen MR) is 71.8 cm³/mol. The largest absolute Gasteiger partial charge is 0.477 e. The summed E-state index contributed by atoms with van der Waals surface area (Å²) in [5.41, 5.74) is 0.325. The third kappa shape index (κ3) is 3.09. The van der Waals surface area contributed by atoms with Gasteiger partial charge in [-0.25, -0.2) is 23.2 Å². The molecule has 0 aliphatic heterocycles. The maximum Gasteiger partial charge on any atom is 0.341 e. The first-order chi connectivity index (χ1) is 9.38. The van der Waals surface area contributed by atoms with Crippen molar-refractivity contribution in [2.24, 2.45) is 0 Å². The average Bonchev–Trinajstić information content (AvgIpc) is 2.38. The van der Waals surface area contributed by atoms with Crippen molar-refractivity contribution in [1.82, 2.24) is 9.97 Å². The van der Waals surface area contributed by atoms with Crippen molar-refractivity contribution in [3.05, 3.63) is 42.4 Å². The molecule has 0 fully saturated rings. The smallest absolute Gasteiger partial charge is 0.341 e. The molecule has 0 saturated carbocycles. The number of sulfone groups is 1. The van der Waals surface area contributed by atoms with Crippen LogP contribution in [0.25, 0.3) is 0 Å². The monoisotopic (exact) mass is 293 g/mol. The van der Waals surface area contributed by atoms with Crippen molar-refractivity contribution in [3.8, 4) is 0 Å². The van der Waals surface area contributed by atoms with E-state index in [1.807, 2.05) is 0 Å². The van der Waals surface area contributed by atoms with Crippen LogP contribution in [0.5, 0.6) is 0 Å². The zero-order valence-electron chi connectivity index (χ0n) is 10.4. The molecule has 0 radical (unpaired) electrons. The van der Waals surface area contributed by atoms with Crippen LogP contribution in [0.3, 0.4) is 0 Å². The second-order valence-electron chi connectivity index (χ2n) is 4.02. The lowest BCUT2D eigenvalue weighted by atomic mass is 10.3. The predicted octanol–water partition coefficient (Wildman–Crippen LogP) is 1.32. The van der Waals surface area contributed by atoms with Crippen molar-refractivity contribution >= 4 is 27.3 Å². The van der Waals surface area contributed by atoms with Crippen molar-refractivity contribution in [2.75, 3.05) is 11.6 Å². The number of carbonyl (C=O) groups is 1. The molecule has 0 bridgehead atoms. The van der Waals surface area contributed by atoms with E-state index in [4.69, 9.17) is 5.11 Å². The number of nitrogens with zero attached hydrogens (tertiary/aromatic N) is 2. The lowest BCUT2D eigenvalue weighted by molar-refractivity contribution is 0.0697. The molecule has 0 amide bonds. The van der Waals surface area contributed by atoms with E-state index < -0.39 is 15.8 Å². The Labute approximate surface area is 115 Å². The molecule has 0 aliphatic carbocycles. The number of carboxylic acids is 1. The molecule has 104 valence electrons. The fraction of sp³-hybridized carbons (Fsp3) is 0.0833. The number of carboxylic acid groups (broad SMARTS) is 1. The molecule has 8 heteroatoms. The van der Waals surface area contributed by atoms with Gasteiger partial charge < -0.3 is 10.4 Å². The average molecular weight is 293 g/mol. The van der Waals surface area contributed by atoms with Gasteiger partial charge in [-0.15, -0.1) is 0 Å². The maximum atomic E-state index is 11.5. The molecule has 0 spiro atoms. The van der Waals surface area contributed by atoms with Gasteiger partial charge in [0, 0.05) is 18.1 Å². The number of hydrogen-bond donors (Lipinski definition) is 2. The summed E-state index contributed by atoms with van der Waals surface area (Å²) < 4.78 is 22.9. The van der Waals surface area contributed by atoms with Crippen LogP contribution in [-0.4, -0.2) is 35.7 Å². The summed E-state index contributed by atoms with van der Waals surface area (Å²) in [6.45, 7) is 0. The van der Waals surface area contributed by atoms with E-state index in [9.17, 15) is 13.2 Å². The number of benzene rings is 1. The normalized spacial score (nSPS) is 11.1. The van der Waals surface area contributed by atoms with Crippen molar-refractivity contribution in [3.63, 3.8) is 0 Å². The Morgan fingerprint density at radius 3 is 2.75 bits per heavy atom. The number of nitrogens with one attached hydrogen (secondary N) is 1. The molecule has 0 atom stereocenters. The van der Waals surface area contributed by atoms with Gasteiger partial charge in [0.2, 0.25) is 0 Å². The van der Waals surface area contributed by atoms with Crippen LogP contribution >= 0.6 is 0 Å². The van der Waals surface area contributed by atoms with Gasteiger partial charge in [0.25, 0.3) is 0 Å². The Morgan fingerprint density at radius 1 is 1.35 bits per heavy atom. The van der Waals surface area contributed by atoms with Crippen LogP contribution in [0.4, 0.5) is 11.5 Å². The van der Waals surface area contributed by atoms with Gasteiger partial charge >= 0.3 is 5.97 Å². The van der Waals surface area contributed by atoms with Crippen molar-refractivity contribution < 1.29 is 18.3 Å². The van der Waals surface area contributed by atoms with E-state index in [2.05, 4.69) is 15.3 Å². The summed E-state index contributed by atoms with van der Waals surface area (Å²) in [6.07, 6.45) is 3.47. The first-order valence-corrected chi connectivity index (χ1v) is 7.37. The van der Waals surface area contributed by atoms with Crippen LogP contribution in [-0.2, 0) is 9.84 Å². The summed E-state index contributed by atoms with van der Waals surface area (Å²) in [5, 5.41) is 11.8. The first-order valence-electron chi connectivity index (χ1n) is 5.48. The second kappa shape index (κ2) is 5.25. The van der Waals surface area contributed by atoms with Crippen molar-refractivity contribution in [1.29, 1.82) is 0 Å². The van der Waals surface area contributed by atoms with E-state index in [1.165, 1.54) is 18.5 Å². The summed E-state index contributed by atoms with van der Waals surface area (Å²) in [4.78, 5) is 18.6. The summed E-state index contributed by atoms with van der Waals surface area (Å²) in [6, 6.07) is 6.03. The molecule has 2 rings (SSSR count). The molecular weight excluding hydrogens is 282 g/mol. The Morgan fingerprint density at radius 2 is 2.10 bits per heavy atom. The van der Waals surface area contributed by atoms with Gasteiger partial charge in [-0.3, -0.25) is 0 Å². The molecule has 1 aromatic carbocycles. The van der Waals surface area contributed by atoms with Gasteiger partial charge in [-0.2, -0.15) is 0 Å². The van der Waals surface area contributed by atoms with Gasteiger partial charge in [0.1, 0.15) is 17.7 Å². The summed E-state index contributed by atoms with van der Waals surface area (Å²) >= 11 is 0.